The first-order chi connectivity index (χ1) is 12.3. The fourth-order valence-electron chi connectivity index (χ4n) is 3.81. The number of aliphatic hydroxyl groups is 2. The summed E-state index contributed by atoms with van der Waals surface area (Å²) in [6, 6.07) is 7.56. The van der Waals surface area contributed by atoms with E-state index in [1.54, 1.807) is 12.1 Å². The molecule has 0 unspecified atom stereocenters. The smallest absolute Gasteiger partial charge is 0.198 e. The second kappa shape index (κ2) is 5.33. The van der Waals surface area contributed by atoms with Crippen LogP contribution in [-0.4, -0.2) is 40.3 Å². The van der Waals surface area contributed by atoms with Gasteiger partial charge in [0.15, 0.2) is 17.3 Å². The summed E-state index contributed by atoms with van der Waals surface area (Å²) in [5.41, 5.74) is -1.01. The highest BCUT2D eigenvalue weighted by atomic mass is 16.5. The fraction of sp³-hybridized carbons (Fsp3) is 0.250. The summed E-state index contributed by atoms with van der Waals surface area (Å²) < 4.78 is 5.21. The zero-order valence-electron chi connectivity index (χ0n) is 14.2. The molecule has 0 fully saturated rings. The van der Waals surface area contributed by atoms with E-state index in [2.05, 4.69) is 0 Å². The molecule has 0 saturated carbocycles. The zero-order valence-corrected chi connectivity index (χ0v) is 14.2. The van der Waals surface area contributed by atoms with Crippen molar-refractivity contribution in [2.45, 2.75) is 25.0 Å². The number of fused-ring (bicyclic) bond motifs is 4. The van der Waals surface area contributed by atoms with Gasteiger partial charge in [0, 0.05) is 28.7 Å². The Bertz CT molecular complexity index is 1000. The molecule has 0 amide bonds. The zero-order chi connectivity index (χ0) is 18.8. The molecule has 4 rings (SSSR count). The number of benzene rings is 2. The first-order valence-electron chi connectivity index (χ1n) is 8.15. The maximum absolute atomic E-state index is 13.1. The Hall–Kier alpha value is -2.83. The molecule has 0 saturated heterocycles. The first kappa shape index (κ1) is 16.6. The average Bonchev–Trinajstić information content (AvgIpc) is 2.62. The van der Waals surface area contributed by atoms with Gasteiger partial charge in [-0.1, -0.05) is 18.2 Å². The number of ketones is 3. The molecule has 2 N–H and O–H groups in total. The highest BCUT2D eigenvalue weighted by Gasteiger charge is 2.45. The van der Waals surface area contributed by atoms with Gasteiger partial charge in [0.25, 0.3) is 0 Å². The molecule has 0 radical (unpaired) electrons. The monoisotopic (exact) mass is 352 g/mol. The van der Waals surface area contributed by atoms with Gasteiger partial charge in [-0.05, 0) is 24.6 Å². The predicted molar refractivity (Wildman–Crippen MR) is 90.8 cm³/mol. The maximum Gasteiger partial charge on any atom is 0.198 e. The van der Waals surface area contributed by atoms with Crippen LogP contribution in [0.1, 0.15) is 67.2 Å². The van der Waals surface area contributed by atoms with E-state index >= 15 is 0 Å². The van der Waals surface area contributed by atoms with Crippen LogP contribution < -0.4 is 4.74 Å². The largest absolute Gasteiger partial charge is 0.496 e. The minimum atomic E-state index is -1.62. The number of Topliss-reactive ketones (excluding diaryl/α,β-unsaturated/α-hetero) is 1. The van der Waals surface area contributed by atoms with E-state index in [9.17, 15) is 24.6 Å². The third-order valence-electron chi connectivity index (χ3n) is 5.11. The van der Waals surface area contributed by atoms with Crippen LogP contribution in [-0.2, 0) is 0 Å². The highest BCUT2D eigenvalue weighted by Crippen LogP contribution is 2.42. The van der Waals surface area contributed by atoms with E-state index in [1.165, 1.54) is 32.2 Å². The Kier molecular flexibility index (Phi) is 3.41. The van der Waals surface area contributed by atoms with Crippen molar-refractivity contribution in [3.63, 3.8) is 0 Å². The van der Waals surface area contributed by atoms with Crippen molar-refractivity contribution < 1.29 is 29.3 Å². The molecule has 132 valence electrons. The van der Waals surface area contributed by atoms with E-state index in [-0.39, 0.29) is 39.8 Å². The van der Waals surface area contributed by atoms with Crippen molar-refractivity contribution in [1.29, 1.82) is 0 Å². The predicted octanol–water partition coefficient (Wildman–Crippen LogP) is 1.84. The number of carbonyl (C=O) groups is 3. The van der Waals surface area contributed by atoms with Gasteiger partial charge in [-0.15, -0.1) is 0 Å². The van der Waals surface area contributed by atoms with Crippen molar-refractivity contribution in [1.82, 2.24) is 0 Å². The molecule has 2 aromatic rings. The number of carbonyl (C=O) groups excluding carboxylic acids is 3. The van der Waals surface area contributed by atoms with E-state index in [0.717, 1.165) is 0 Å². The number of aliphatic hydroxyl groups excluding tert-OH is 1. The van der Waals surface area contributed by atoms with E-state index in [1.807, 2.05) is 0 Å². The lowest BCUT2D eigenvalue weighted by atomic mass is 9.72. The van der Waals surface area contributed by atoms with Crippen LogP contribution >= 0.6 is 0 Å². The molecule has 0 spiro atoms. The number of methoxy groups -OCH3 is 1. The lowest BCUT2D eigenvalue weighted by Gasteiger charge is -2.36. The van der Waals surface area contributed by atoms with Crippen molar-refractivity contribution in [3.05, 3.63) is 63.7 Å². The summed E-state index contributed by atoms with van der Waals surface area (Å²) in [5.74, 6) is -1.06. The van der Waals surface area contributed by atoms with Crippen LogP contribution in [0, 0.1) is 0 Å². The molecule has 0 aliphatic heterocycles. The van der Waals surface area contributed by atoms with E-state index < -0.39 is 29.1 Å². The maximum atomic E-state index is 13.1. The standard InChI is InChI=1S/C20H16O6/c1-20(25)8-12(21)14-11(19(20)24)7-6-10-16(14)18(23)9-4-3-5-13(26-2)15(9)17(10)22/h3-7,19,24-25H,8H2,1-2H3/t19-,20+/m1/s1. The molecule has 2 aromatic carbocycles. The molecule has 0 bridgehead atoms. The number of hydrogen-bond acceptors (Lipinski definition) is 6. The van der Waals surface area contributed by atoms with Crippen LogP contribution in [0.3, 0.4) is 0 Å². The molecule has 2 atom stereocenters. The molecule has 0 aromatic heterocycles. The number of ether oxygens (including phenoxy) is 1. The van der Waals surface area contributed by atoms with Gasteiger partial charge in [-0.3, -0.25) is 14.4 Å². The summed E-state index contributed by atoms with van der Waals surface area (Å²) in [5, 5.41) is 20.7. The van der Waals surface area contributed by atoms with Gasteiger partial charge in [0.2, 0.25) is 0 Å². The Labute approximate surface area is 149 Å². The van der Waals surface area contributed by atoms with E-state index in [4.69, 9.17) is 4.74 Å². The summed E-state index contributed by atoms with van der Waals surface area (Å²) in [6.45, 7) is 1.37. The van der Waals surface area contributed by atoms with Crippen LogP contribution in [0.5, 0.6) is 5.75 Å². The summed E-state index contributed by atoms with van der Waals surface area (Å²) >= 11 is 0. The van der Waals surface area contributed by atoms with Gasteiger partial charge in [-0.2, -0.15) is 0 Å². The van der Waals surface area contributed by atoms with Gasteiger partial charge in [-0.25, -0.2) is 0 Å². The normalized spacial score (nSPS) is 24.0. The lowest BCUT2D eigenvalue weighted by Crippen LogP contribution is -2.41. The third kappa shape index (κ3) is 2.03. The second-order valence-corrected chi connectivity index (χ2v) is 6.85. The molecule has 6 nitrogen and oxygen atoms in total. The Morgan fingerprint density at radius 1 is 1.00 bits per heavy atom. The Morgan fingerprint density at radius 3 is 2.35 bits per heavy atom. The molecular weight excluding hydrogens is 336 g/mol. The van der Waals surface area contributed by atoms with Gasteiger partial charge < -0.3 is 14.9 Å². The molecule has 2 aliphatic rings. The number of rotatable bonds is 1. The summed E-state index contributed by atoms with van der Waals surface area (Å²) in [4.78, 5) is 38.7. The van der Waals surface area contributed by atoms with E-state index in [0.29, 0.717) is 5.75 Å². The lowest BCUT2D eigenvalue weighted by molar-refractivity contribution is -0.0675. The first-order valence-corrected chi connectivity index (χ1v) is 8.15. The molecule has 26 heavy (non-hydrogen) atoms. The number of hydrogen-bond donors (Lipinski definition) is 2. The van der Waals surface area contributed by atoms with Gasteiger partial charge in [0.05, 0.1) is 18.3 Å². The van der Waals surface area contributed by atoms with Crippen molar-refractivity contribution in [2.24, 2.45) is 0 Å². The van der Waals surface area contributed by atoms with Gasteiger partial charge in [0.1, 0.15) is 11.9 Å². The molecule has 6 heteroatoms. The summed E-state index contributed by atoms with van der Waals surface area (Å²) in [6.07, 6.45) is -1.65. The van der Waals surface area contributed by atoms with Crippen LogP contribution in [0.25, 0.3) is 0 Å². The quantitative estimate of drug-likeness (QED) is 0.693. The van der Waals surface area contributed by atoms with Crippen LogP contribution in [0.2, 0.25) is 0 Å². The molecule has 0 heterocycles. The third-order valence-corrected chi connectivity index (χ3v) is 5.11. The Morgan fingerprint density at radius 2 is 1.65 bits per heavy atom. The van der Waals surface area contributed by atoms with Crippen molar-refractivity contribution in [3.8, 4) is 5.75 Å². The van der Waals surface area contributed by atoms with Gasteiger partial charge >= 0.3 is 0 Å². The Balaban J connectivity index is 2.02. The topological polar surface area (TPSA) is 101 Å². The van der Waals surface area contributed by atoms with Crippen molar-refractivity contribution in [2.75, 3.05) is 7.11 Å². The van der Waals surface area contributed by atoms with Crippen LogP contribution in [0.15, 0.2) is 30.3 Å². The summed E-state index contributed by atoms with van der Waals surface area (Å²) in [7, 11) is 1.41. The van der Waals surface area contributed by atoms with Crippen molar-refractivity contribution >= 4 is 17.3 Å². The molecular formula is C20H16O6. The average molecular weight is 352 g/mol. The van der Waals surface area contributed by atoms with Crippen LogP contribution in [0.4, 0.5) is 0 Å². The SMILES string of the molecule is COc1cccc2c1C(=O)c1ccc3c(c1C2=O)C(=O)C[C@](C)(O)[C@@H]3O. The minimum absolute atomic E-state index is 0.00666. The molecule has 2 aliphatic carbocycles. The highest BCUT2D eigenvalue weighted by molar-refractivity contribution is 6.32. The fourth-order valence-corrected chi connectivity index (χ4v) is 3.81. The minimum Gasteiger partial charge on any atom is -0.496 e. The second-order valence-electron chi connectivity index (χ2n) is 6.85.